The van der Waals surface area contributed by atoms with E-state index in [-0.39, 0.29) is 11.2 Å². The molecule has 0 saturated heterocycles. The van der Waals surface area contributed by atoms with Crippen LogP contribution in [0.15, 0.2) is 18.2 Å². The molecule has 1 aromatic carbocycles. The Kier molecular flexibility index (Phi) is 6.67. The molecule has 0 amide bonds. The van der Waals surface area contributed by atoms with Crippen molar-refractivity contribution in [2.45, 2.75) is 33.6 Å². The van der Waals surface area contributed by atoms with E-state index >= 15 is 0 Å². The molecule has 1 rings (SSSR count). The first-order chi connectivity index (χ1) is 9.84. The highest BCUT2D eigenvalue weighted by molar-refractivity contribution is 7.16. The summed E-state index contributed by atoms with van der Waals surface area (Å²) in [6.45, 7) is 6.50. The molecule has 21 heavy (non-hydrogen) atoms. The van der Waals surface area contributed by atoms with Gasteiger partial charge in [0.2, 0.25) is 0 Å². The number of carbonyl (C=O) groups excluding carboxylic acids is 1. The topological polar surface area (TPSA) is 35.5 Å². The molecule has 0 aliphatic rings. The summed E-state index contributed by atoms with van der Waals surface area (Å²) < 4.78 is 10.6. The third-order valence-electron chi connectivity index (χ3n) is 3.65. The standard InChI is InChI=1S/C17H27O3P/c1-12(11-21)9-17(2,3)10-13(18)16-14(19-4)7-6-8-15(16)20-5/h6-8,12H,9-11,21H2,1-5H3. The lowest BCUT2D eigenvalue weighted by molar-refractivity contribution is 0.0911. The van der Waals surface area contributed by atoms with Crippen molar-refractivity contribution in [3.05, 3.63) is 23.8 Å². The van der Waals surface area contributed by atoms with Gasteiger partial charge in [-0.15, -0.1) is 9.24 Å². The van der Waals surface area contributed by atoms with Crippen LogP contribution in [0.25, 0.3) is 0 Å². The van der Waals surface area contributed by atoms with Gasteiger partial charge >= 0.3 is 0 Å². The van der Waals surface area contributed by atoms with Gasteiger partial charge in [0.15, 0.2) is 5.78 Å². The summed E-state index contributed by atoms with van der Waals surface area (Å²) in [4.78, 5) is 12.7. The number of hydrogen-bond donors (Lipinski definition) is 0. The summed E-state index contributed by atoms with van der Waals surface area (Å²) in [5.74, 6) is 1.81. The first kappa shape index (κ1) is 18.0. The Bertz CT molecular complexity index is 461. The Hall–Kier alpha value is -1.08. The zero-order chi connectivity index (χ0) is 16.0. The highest BCUT2D eigenvalue weighted by Gasteiger charge is 2.27. The molecule has 118 valence electrons. The second-order valence-electron chi connectivity index (χ2n) is 6.35. The quantitative estimate of drug-likeness (QED) is 0.533. The molecule has 0 N–H and O–H groups in total. The number of ketones is 1. The monoisotopic (exact) mass is 310 g/mol. The maximum absolute atomic E-state index is 12.7. The first-order valence-electron chi connectivity index (χ1n) is 7.29. The van der Waals surface area contributed by atoms with Crippen molar-refractivity contribution in [2.24, 2.45) is 11.3 Å². The van der Waals surface area contributed by atoms with Gasteiger partial charge in [-0.05, 0) is 36.0 Å². The second-order valence-corrected chi connectivity index (χ2v) is 6.82. The second kappa shape index (κ2) is 7.79. The van der Waals surface area contributed by atoms with Crippen LogP contribution in [-0.2, 0) is 0 Å². The van der Waals surface area contributed by atoms with Gasteiger partial charge in [0.1, 0.15) is 17.1 Å². The molecule has 0 aliphatic heterocycles. The van der Waals surface area contributed by atoms with E-state index in [4.69, 9.17) is 9.47 Å². The van der Waals surface area contributed by atoms with Gasteiger partial charge in [0.25, 0.3) is 0 Å². The number of rotatable bonds is 8. The van der Waals surface area contributed by atoms with Crippen LogP contribution < -0.4 is 9.47 Å². The van der Waals surface area contributed by atoms with Gasteiger partial charge in [0.05, 0.1) is 14.2 Å². The van der Waals surface area contributed by atoms with Crippen LogP contribution in [0, 0.1) is 11.3 Å². The fourth-order valence-electron chi connectivity index (χ4n) is 2.75. The largest absolute Gasteiger partial charge is 0.496 e. The number of carbonyl (C=O) groups is 1. The lowest BCUT2D eigenvalue weighted by atomic mass is 9.78. The number of Topliss-reactive ketones (excluding diaryl/α,β-unsaturated/α-hetero) is 1. The summed E-state index contributed by atoms with van der Waals surface area (Å²) in [6, 6.07) is 5.43. The van der Waals surface area contributed by atoms with Crippen LogP contribution >= 0.6 is 9.24 Å². The lowest BCUT2D eigenvalue weighted by Gasteiger charge is -2.27. The van der Waals surface area contributed by atoms with Crippen LogP contribution in [0.3, 0.4) is 0 Å². The van der Waals surface area contributed by atoms with Crippen molar-refractivity contribution < 1.29 is 14.3 Å². The molecule has 4 heteroatoms. The van der Waals surface area contributed by atoms with E-state index in [0.717, 1.165) is 12.6 Å². The van der Waals surface area contributed by atoms with E-state index in [1.807, 2.05) is 6.07 Å². The van der Waals surface area contributed by atoms with E-state index in [1.54, 1.807) is 26.4 Å². The van der Waals surface area contributed by atoms with E-state index in [1.165, 1.54) is 0 Å². The van der Waals surface area contributed by atoms with Gasteiger partial charge in [-0.2, -0.15) is 0 Å². The summed E-state index contributed by atoms with van der Waals surface area (Å²) in [7, 11) is 5.92. The lowest BCUT2D eigenvalue weighted by Crippen LogP contribution is -2.21. The summed E-state index contributed by atoms with van der Waals surface area (Å²) >= 11 is 0. The molecule has 0 aromatic heterocycles. The van der Waals surface area contributed by atoms with Crippen molar-refractivity contribution in [1.29, 1.82) is 0 Å². The van der Waals surface area contributed by atoms with Gasteiger partial charge in [0, 0.05) is 6.42 Å². The molecule has 0 spiro atoms. The minimum Gasteiger partial charge on any atom is -0.496 e. The Morgan fingerprint density at radius 2 is 1.76 bits per heavy atom. The average molecular weight is 310 g/mol. The maximum Gasteiger partial charge on any atom is 0.170 e. The van der Waals surface area contributed by atoms with Crippen molar-refractivity contribution in [3.8, 4) is 11.5 Å². The molecule has 0 heterocycles. The highest BCUT2D eigenvalue weighted by atomic mass is 31.0. The predicted molar refractivity (Wildman–Crippen MR) is 90.6 cm³/mol. The zero-order valence-corrected chi connectivity index (χ0v) is 14.9. The normalized spacial score (nSPS) is 12.9. The van der Waals surface area contributed by atoms with Gasteiger partial charge in [-0.3, -0.25) is 4.79 Å². The van der Waals surface area contributed by atoms with Crippen molar-refractivity contribution in [3.63, 3.8) is 0 Å². The minimum absolute atomic E-state index is 0.0427. The maximum atomic E-state index is 12.7. The fourth-order valence-corrected chi connectivity index (χ4v) is 2.91. The van der Waals surface area contributed by atoms with Crippen LogP contribution in [0.4, 0.5) is 0 Å². The Labute approximate surface area is 130 Å². The molecule has 0 bridgehead atoms. The molecule has 1 aromatic rings. The molecule has 0 aliphatic carbocycles. The van der Waals surface area contributed by atoms with Gasteiger partial charge in [-0.1, -0.05) is 26.8 Å². The summed E-state index contributed by atoms with van der Waals surface area (Å²) in [5.41, 5.74) is 0.507. The van der Waals surface area contributed by atoms with Crippen LogP contribution in [0.5, 0.6) is 11.5 Å². The van der Waals surface area contributed by atoms with Crippen molar-refractivity contribution in [1.82, 2.24) is 0 Å². The molecular formula is C17H27O3P. The van der Waals surface area contributed by atoms with Crippen LogP contribution in [0.2, 0.25) is 0 Å². The Morgan fingerprint density at radius 1 is 1.24 bits per heavy atom. The SMILES string of the molecule is COc1cccc(OC)c1C(=O)CC(C)(C)CC(C)CP. The zero-order valence-electron chi connectivity index (χ0n) is 13.7. The molecule has 3 nitrogen and oxygen atoms in total. The smallest absolute Gasteiger partial charge is 0.170 e. The van der Waals surface area contributed by atoms with E-state index in [0.29, 0.717) is 29.4 Å². The molecule has 0 radical (unpaired) electrons. The first-order valence-corrected chi connectivity index (χ1v) is 8.10. The molecule has 0 saturated carbocycles. The minimum atomic E-state index is -0.0427. The molecule has 2 unspecified atom stereocenters. The predicted octanol–water partition coefficient (Wildman–Crippen LogP) is 4.20. The fraction of sp³-hybridized carbons (Fsp3) is 0.588. The summed E-state index contributed by atoms with van der Waals surface area (Å²) in [6.07, 6.45) is 2.55. The third-order valence-corrected chi connectivity index (χ3v) is 4.45. The number of benzene rings is 1. The van der Waals surface area contributed by atoms with Crippen LogP contribution in [0.1, 0.15) is 44.0 Å². The number of methoxy groups -OCH3 is 2. The van der Waals surface area contributed by atoms with E-state index in [9.17, 15) is 4.79 Å². The molecule has 0 fully saturated rings. The summed E-state index contributed by atoms with van der Waals surface area (Å²) in [5, 5.41) is 0. The average Bonchev–Trinajstić information content (AvgIpc) is 2.44. The number of ether oxygens (including phenoxy) is 2. The number of hydrogen-bond acceptors (Lipinski definition) is 3. The Balaban J connectivity index is 2.98. The van der Waals surface area contributed by atoms with Crippen molar-refractivity contribution >= 4 is 15.0 Å². The molecule has 2 atom stereocenters. The van der Waals surface area contributed by atoms with Gasteiger partial charge < -0.3 is 9.47 Å². The highest BCUT2D eigenvalue weighted by Crippen LogP contribution is 2.36. The van der Waals surface area contributed by atoms with E-state index in [2.05, 4.69) is 30.0 Å². The van der Waals surface area contributed by atoms with E-state index < -0.39 is 0 Å². The van der Waals surface area contributed by atoms with Crippen LogP contribution in [-0.4, -0.2) is 26.2 Å². The Morgan fingerprint density at radius 3 is 2.19 bits per heavy atom. The third kappa shape index (κ3) is 5.00. The van der Waals surface area contributed by atoms with Crippen molar-refractivity contribution in [2.75, 3.05) is 20.4 Å². The van der Waals surface area contributed by atoms with Gasteiger partial charge in [-0.25, -0.2) is 0 Å². The molecular weight excluding hydrogens is 283 g/mol.